The van der Waals surface area contributed by atoms with Crippen molar-refractivity contribution in [1.29, 1.82) is 0 Å². The Hall–Kier alpha value is 0.0801. The molecule has 20 heavy (non-hydrogen) atoms. The van der Waals surface area contributed by atoms with Gasteiger partial charge >= 0.3 is 136 Å². The van der Waals surface area contributed by atoms with Crippen LogP contribution >= 0.6 is 0 Å². The summed E-state index contributed by atoms with van der Waals surface area (Å²) in [6, 6.07) is 0. The van der Waals surface area contributed by atoms with E-state index in [1.54, 1.807) is 5.70 Å². The van der Waals surface area contributed by atoms with Crippen LogP contribution in [-0.4, -0.2) is 43.4 Å². The summed E-state index contributed by atoms with van der Waals surface area (Å²) in [6.45, 7) is 16.0. The van der Waals surface area contributed by atoms with Gasteiger partial charge in [0.05, 0.1) is 0 Å². The average Bonchev–Trinajstić information content (AvgIpc) is 2.48. The summed E-state index contributed by atoms with van der Waals surface area (Å²) < 4.78 is 5.70. The van der Waals surface area contributed by atoms with Crippen molar-refractivity contribution in [3.63, 3.8) is 0 Å². The molecule has 0 rings (SSSR count). The van der Waals surface area contributed by atoms with E-state index < -0.39 is 21.7 Å². The molecule has 116 valence electrons. The van der Waals surface area contributed by atoms with Crippen molar-refractivity contribution in [2.45, 2.75) is 75.6 Å². The summed E-state index contributed by atoms with van der Waals surface area (Å²) in [7, 11) is 0. The molecule has 0 aromatic heterocycles. The Morgan fingerprint density at radius 2 is 1.60 bits per heavy atom. The second-order valence-electron chi connectivity index (χ2n) is 5.38. The molecule has 0 heterocycles. The number of nitrogens with zero attached hydrogens (tertiary/aromatic N) is 2. The van der Waals surface area contributed by atoms with E-state index in [0.717, 1.165) is 25.8 Å². The number of rotatable bonds is 11. The van der Waals surface area contributed by atoms with Crippen molar-refractivity contribution < 1.29 is 0 Å². The van der Waals surface area contributed by atoms with Crippen LogP contribution in [0.25, 0.3) is 0 Å². The summed E-state index contributed by atoms with van der Waals surface area (Å²) in [4.78, 5) is 4.74. The molecule has 0 amide bonds. The zero-order valence-electron chi connectivity index (χ0n) is 14.7. The summed E-state index contributed by atoms with van der Waals surface area (Å²) in [5, 5.41) is 0. The zero-order valence-corrected chi connectivity index (χ0v) is 18.0. The molecular formula is C17H35InN2. The number of hydrogen-bond donors (Lipinski definition) is 0. The Labute approximate surface area is 135 Å². The number of hydrogen-bond acceptors (Lipinski definition) is 2. The van der Waals surface area contributed by atoms with Gasteiger partial charge in [-0.2, -0.15) is 0 Å². The molecule has 0 radical (unpaired) electrons. The van der Waals surface area contributed by atoms with Crippen LogP contribution in [0.3, 0.4) is 0 Å². The first-order valence-corrected chi connectivity index (χ1v) is 14.8. The van der Waals surface area contributed by atoms with Gasteiger partial charge in [0.1, 0.15) is 0 Å². The van der Waals surface area contributed by atoms with Crippen LogP contribution in [-0.2, 0) is 0 Å². The van der Waals surface area contributed by atoms with Gasteiger partial charge < -0.3 is 0 Å². The van der Waals surface area contributed by atoms with Crippen LogP contribution in [0.2, 0.25) is 8.35 Å². The minimum absolute atomic E-state index is 0.971. The van der Waals surface area contributed by atoms with Gasteiger partial charge in [-0.25, -0.2) is 0 Å². The van der Waals surface area contributed by atoms with Crippen molar-refractivity contribution in [2.24, 2.45) is 4.99 Å². The third-order valence-corrected chi connectivity index (χ3v) is 13.4. The van der Waals surface area contributed by atoms with Gasteiger partial charge in [-0.05, 0) is 0 Å². The van der Waals surface area contributed by atoms with Crippen LogP contribution in [0.4, 0.5) is 0 Å². The molecule has 0 unspecified atom stereocenters. The van der Waals surface area contributed by atoms with Crippen molar-refractivity contribution in [3.8, 4) is 0 Å². The van der Waals surface area contributed by atoms with Gasteiger partial charge in [0, 0.05) is 0 Å². The first-order chi connectivity index (χ1) is 9.68. The fraction of sp³-hybridized carbons (Fsp3) is 0.824. The molecule has 0 fully saturated rings. The van der Waals surface area contributed by atoms with Crippen molar-refractivity contribution in [3.05, 3.63) is 11.8 Å². The Morgan fingerprint density at radius 3 is 2.00 bits per heavy atom. The fourth-order valence-electron chi connectivity index (χ4n) is 2.63. The third kappa shape index (κ3) is 7.19. The summed E-state index contributed by atoms with van der Waals surface area (Å²) >= 11 is -1.53. The normalized spacial score (nSPS) is 12.7. The van der Waals surface area contributed by atoms with Gasteiger partial charge in [-0.3, -0.25) is 0 Å². The predicted octanol–water partition coefficient (Wildman–Crippen LogP) is 5.28. The van der Waals surface area contributed by atoms with Crippen LogP contribution in [0, 0.1) is 0 Å². The molecule has 0 N–H and O–H groups in total. The van der Waals surface area contributed by atoms with E-state index in [4.69, 9.17) is 4.99 Å². The van der Waals surface area contributed by atoms with Gasteiger partial charge in [0.15, 0.2) is 0 Å². The van der Waals surface area contributed by atoms with Gasteiger partial charge in [0.2, 0.25) is 0 Å². The minimum atomic E-state index is -1.53. The Bertz CT molecular complexity index is 293. The molecular weight excluding hydrogens is 347 g/mol. The van der Waals surface area contributed by atoms with E-state index in [1.165, 1.54) is 27.0 Å². The second kappa shape index (κ2) is 12.8. The van der Waals surface area contributed by atoms with E-state index >= 15 is 0 Å². The van der Waals surface area contributed by atoms with Crippen molar-refractivity contribution in [1.82, 2.24) is 2.89 Å². The summed E-state index contributed by atoms with van der Waals surface area (Å²) in [5.74, 6) is 0. The Morgan fingerprint density at radius 1 is 0.950 bits per heavy atom. The van der Waals surface area contributed by atoms with Crippen LogP contribution in [0.1, 0.15) is 67.2 Å². The van der Waals surface area contributed by atoms with E-state index in [9.17, 15) is 0 Å². The van der Waals surface area contributed by atoms with Gasteiger partial charge in [-0.15, -0.1) is 0 Å². The zero-order chi connectivity index (χ0) is 15.4. The molecule has 0 atom stereocenters. The molecule has 0 aliphatic heterocycles. The molecule has 0 saturated carbocycles. The SMILES string of the molecule is CCCN=C(/C=C(/CC)[N](CCC)[In]([CH2]C)[CH2]C)CC. The van der Waals surface area contributed by atoms with E-state index in [1.807, 2.05) is 0 Å². The molecule has 0 spiro atoms. The van der Waals surface area contributed by atoms with Crippen LogP contribution < -0.4 is 0 Å². The molecule has 0 saturated heterocycles. The van der Waals surface area contributed by atoms with Gasteiger partial charge in [-0.1, -0.05) is 0 Å². The molecule has 0 aromatic rings. The van der Waals surface area contributed by atoms with E-state index in [-0.39, 0.29) is 0 Å². The Kier molecular flexibility index (Phi) is 12.8. The maximum atomic E-state index is 4.74. The van der Waals surface area contributed by atoms with Crippen molar-refractivity contribution >= 4 is 27.4 Å². The van der Waals surface area contributed by atoms with Crippen molar-refractivity contribution in [2.75, 3.05) is 13.1 Å². The Balaban J connectivity index is 5.22. The topological polar surface area (TPSA) is 15.6 Å². The van der Waals surface area contributed by atoms with Crippen LogP contribution in [0.15, 0.2) is 16.8 Å². The maximum absolute atomic E-state index is 4.74. The molecule has 0 aliphatic rings. The van der Waals surface area contributed by atoms with E-state index in [0.29, 0.717) is 0 Å². The summed E-state index contributed by atoms with van der Waals surface area (Å²) in [5.41, 5.74) is 2.86. The molecule has 0 aromatic carbocycles. The molecule has 0 bridgehead atoms. The number of aliphatic imine (C=N–C) groups is 1. The fourth-order valence-corrected chi connectivity index (χ4v) is 10.6. The summed E-state index contributed by atoms with van der Waals surface area (Å²) in [6.07, 6.45) is 7.02. The van der Waals surface area contributed by atoms with E-state index in [2.05, 4.69) is 50.5 Å². The van der Waals surface area contributed by atoms with Crippen LogP contribution in [0.5, 0.6) is 0 Å². The molecule has 0 aliphatic carbocycles. The predicted molar refractivity (Wildman–Crippen MR) is 95.0 cm³/mol. The first-order valence-electron chi connectivity index (χ1n) is 8.68. The number of allylic oxidation sites excluding steroid dienone is 2. The molecule has 2 nitrogen and oxygen atoms in total. The monoisotopic (exact) mass is 382 g/mol. The molecule has 3 heteroatoms. The van der Waals surface area contributed by atoms with Gasteiger partial charge in [0.25, 0.3) is 0 Å². The first kappa shape index (κ1) is 20.1. The average molecular weight is 382 g/mol. The standard InChI is InChI=1S/C13H25N2.2C2H5.In/c1-5-9-14-12(7-3)11-13(8-4)15-10-6-2;2*1-2;/h11H,5-10H2,1-4H3;2*1H2,2H3;/q-1;;;+1/b12-11-,15-13?;;;. The second-order valence-corrected chi connectivity index (χ2v) is 15.6. The quantitative estimate of drug-likeness (QED) is 0.444. The third-order valence-electron chi connectivity index (χ3n) is 3.81.